The second kappa shape index (κ2) is 8.90. The van der Waals surface area contributed by atoms with Crippen LogP contribution in [0.3, 0.4) is 0 Å². The summed E-state index contributed by atoms with van der Waals surface area (Å²) in [6.07, 6.45) is 2.63. The Kier molecular flexibility index (Phi) is 5.79. The lowest BCUT2D eigenvalue weighted by Crippen LogP contribution is -2.27. The molecule has 1 aliphatic rings. The summed E-state index contributed by atoms with van der Waals surface area (Å²) in [6.45, 7) is 8.52. The number of nitrogens with zero attached hydrogens (tertiary/aromatic N) is 6. The van der Waals surface area contributed by atoms with Crippen LogP contribution in [0.15, 0.2) is 47.4 Å². The van der Waals surface area contributed by atoms with Gasteiger partial charge in [0.25, 0.3) is 5.56 Å². The predicted octanol–water partition coefficient (Wildman–Crippen LogP) is 3.23. The fraction of sp³-hybridized carbons (Fsp3) is 0.360. The van der Waals surface area contributed by atoms with Gasteiger partial charge in [-0.05, 0) is 69.1 Å². The van der Waals surface area contributed by atoms with Crippen LogP contribution >= 0.6 is 0 Å². The number of anilines is 3. The van der Waals surface area contributed by atoms with Gasteiger partial charge in [-0.2, -0.15) is 4.98 Å². The van der Waals surface area contributed by atoms with E-state index < -0.39 is 0 Å². The molecule has 4 heterocycles. The van der Waals surface area contributed by atoms with E-state index in [9.17, 15) is 4.79 Å². The Labute approximate surface area is 198 Å². The summed E-state index contributed by atoms with van der Waals surface area (Å²) in [5.41, 5.74) is 3.96. The third-order valence-electron chi connectivity index (χ3n) is 6.40. The molecule has 0 amide bonds. The van der Waals surface area contributed by atoms with E-state index in [1.165, 1.54) is 11.1 Å². The lowest BCUT2D eigenvalue weighted by atomic mass is 10.0. The number of pyridine rings is 1. The van der Waals surface area contributed by atoms with E-state index in [2.05, 4.69) is 52.6 Å². The van der Waals surface area contributed by atoms with E-state index in [4.69, 9.17) is 9.97 Å². The highest BCUT2D eigenvalue weighted by molar-refractivity contribution is 5.77. The largest absolute Gasteiger partial charge is 0.357 e. The molecule has 0 saturated carbocycles. The Morgan fingerprint density at radius 2 is 2.03 bits per heavy atom. The number of hydrogen-bond acceptors (Lipinski definition) is 7. The minimum atomic E-state index is -0.131. The van der Waals surface area contributed by atoms with Gasteiger partial charge < -0.3 is 15.5 Å². The van der Waals surface area contributed by atoms with Gasteiger partial charge in [0.05, 0.1) is 0 Å². The zero-order valence-electron chi connectivity index (χ0n) is 20.0. The first-order valence-corrected chi connectivity index (χ1v) is 11.7. The molecule has 9 nitrogen and oxygen atoms in total. The molecule has 34 heavy (non-hydrogen) atoms. The van der Waals surface area contributed by atoms with Crippen LogP contribution in [-0.2, 0) is 19.5 Å². The summed E-state index contributed by atoms with van der Waals surface area (Å²) in [6, 6.07) is 12.4. The highest BCUT2D eigenvalue weighted by atomic mass is 16.1. The second-order valence-corrected chi connectivity index (χ2v) is 8.86. The minimum Gasteiger partial charge on any atom is -0.357 e. The van der Waals surface area contributed by atoms with Crippen molar-refractivity contribution in [2.24, 2.45) is 0 Å². The number of benzene rings is 1. The zero-order chi connectivity index (χ0) is 23.8. The fourth-order valence-corrected chi connectivity index (χ4v) is 4.29. The van der Waals surface area contributed by atoms with Crippen molar-refractivity contribution < 1.29 is 0 Å². The highest BCUT2D eigenvalue weighted by Crippen LogP contribution is 2.23. The maximum absolute atomic E-state index is 13.1. The van der Waals surface area contributed by atoms with Crippen molar-refractivity contribution in [3.8, 4) is 5.82 Å². The average Bonchev–Trinajstić information content (AvgIpc) is 3.14. The molecule has 0 saturated heterocycles. The van der Waals surface area contributed by atoms with Gasteiger partial charge in [-0.25, -0.2) is 19.3 Å². The van der Waals surface area contributed by atoms with Gasteiger partial charge in [-0.1, -0.05) is 12.1 Å². The first-order chi connectivity index (χ1) is 16.5. The molecular weight excluding hydrogens is 428 g/mol. The monoisotopic (exact) mass is 458 g/mol. The van der Waals surface area contributed by atoms with Crippen LogP contribution in [-0.4, -0.2) is 43.9 Å². The molecule has 0 bridgehead atoms. The number of rotatable bonds is 6. The second-order valence-electron chi connectivity index (χ2n) is 8.86. The van der Waals surface area contributed by atoms with Crippen molar-refractivity contribution in [1.82, 2.24) is 29.6 Å². The lowest BCUT2D eigenvalue weighted by Gasteiger charge is -2.23. The number of nitrogens with one attached hydrogen (secondary N) is 2. The Bertz CT molecular complexity index is 1400. The highest BCUT2D eigenvalue weighted by Gasteiger charge is 2.19. The quantitative estimate of drug-likeness (QED) is 0.458. The molecule has 0 unspecified atom stereocenters. The standard InChI is InChI=1S/C25H30N8O/c1-5-32-24(34)20-15-27-25(28-19-10-9-17-11-12-26-14-18(17)13-19)30-23(20)33(32)22-8-6-7-21(29-22)31(4)16(2)3/h6-10,13,15-16,26H,5,11-12,14H2,1-4H3,(H,27,28,30). The van der Waals surface area contributed by atoms with Crippen LogP contribution in [0.1, 0.15) is 31.9 Å². The van der Waals surface area contributed by atoms with Crippen LogP contribution in [0.2, 0.25) is 0 Å². The first kappa shape index (κ1) is 22.1. The van der Waals surface area contributed by atoms with E-state index in [-0.39, 0.29) is 5.56 Å². The summed E-state index contributed by atoms with van der Waals surface area (Å²) in [7, 11) is 2.01. The molecular formula is C25H30N8O. The summed E-state index contributed by atoms with van der Waals surface area (Å²) in [5, 5.41) is 7.18. The SMILES string of the molecule is CCn1c(=O)c2cnc(Nc3ccc4c(c3)CNCC4)nc2n1-c1cccc(N(C)C(C)C)n1. The van der Waals surface area contributed by atoms with Gasteiger partial charge in [-0.3, -0.25) is 4.79 Å². The average molecular weight is 459 g/mol. The molecule has 0 atom stereocenters. The fourth-order valence-electron chi connectivity index (χ4n) is 4.29. The maximum atomic E-state index is 13.1. The number of fused-ring (bicyclic) bond motifs is 2. The van der Waals surface area contributed by atoms with E-state index in [0.717, 1.165) is 31.0 Å². The van der Waals surface area contributed by atoms with Crippen LogP contribution in [0.5, 0.6) is 0 Å². The molecule has 3 aromatic heterocycles. The Hall–Kier alpha value is -3.72. The molecule has 176 valence electrons. The Morgan fingerprint density at radius 3 is 2.82 bits per heavy atom. The Balaban J connectivity index is 1.58. The topological polar surface area (TPSA) is 92.9 Å². The van der Waals surface area contributed by atoms with Crippen molar-refractivity contribution in [2.45, 2.75) is 46.3 Å². The summed E-state index contributed by atoms with van der Waals surface area (Å²) in [4.78, 5) is 29.2. The van der Waals surface area contributed by atoms with Crippen molar-refractivity contribution in [3.63, 3.8) is 0 Å². The molecule has 5 rings (SSSR count). The lowest BCUT2D eigenvalue weighted by molar-refractivity contribution is 0.567. The number of hydrogen-bond donors (Lipinski definition) is 2. The third-order valence-corrected chi connectivity index (χ3v) is 6.40. The van der Waals surface area contributed by atoms with Crippen LogP contribution in [0, 0.1) is 0 Å². The van der Waals surface area contributed by atoms with E-state index in [1.807, 2.05) is 32.2 Å². The summed E-state index contributed by atoms with van der Waals surface area (Å²) < 4.78 is 3.44. The summed E-state index contributed by atoms with van der Waals surface area (Å²) >= 11 is 0. The first-order valence-electron chi connectivity index (χ1n) is 11.7. The van der Waals surface area contributed by atoms with Gasteiger partial charge in [-0.15, -0.1) is 0 Å². The molecule has 0 spiro atoms. The zero-order valence-corrected chi connectivity index (χ0v) is 20.0. The van der Waals surface area contributed by atoms with Crippen LogP contribution in [0.4, 0.5) is 17.5 Å². The smallest absolute Gasteiger partial charge is 0.278 e. The van der Waals surface area contributed by atoms with Crippen molar-refractivity contribution >= 4 is 28.5 Å². The van der Waals surface area contributed by atoms with Crippen molar-refractivity contribution in [1.29, 1.82) is 0 Å². The van der Waals surface area contributed by atoms with Crippen molar-refractivity contribution in [2.75, 3.05) is 23.8 Å². The normalized spacial score (nSPS) is 13.3. The maximum Gasteiger partial charge on any atom is 0.278 e. The van der Waals surface area contributed by atoms with Gasteiger partial charge >= 0.3 is 0 Å². The molecule has 1 aromatic carbocycles. The molecule has 2 N–H and O–H groups in total. The van der Waals surface area contributed by atoms with E-state index in [1.54, 1.807) is 15.6 Å². The minimum absolute atomic E-state index is 0.131. The van der Waals surface area contributed by atoms with Gasteiger partial charge in [0, 0.05) is 38.1 Å². The van der Waals surface area contributed by atoms with Crippen LogP contribution in [0.25, 0.3) is 16.9 Å². The number of aromatic nitrogens is 5. The molecule has 9 heteroatoms. The van der Waals surface area contributed by atoms with E-state index >= 15 is 0 Å². The van der Waals surface area contributed by atoms with Gasteiger partial charge in [0.15, 0.2) is 11.5 Å². The third kappa shape index (κ3) is 3.92. The molecule has 1 aliphatic heterocycles. The van der Waals surface area contributed by atoms with Crippen molar-refractivity contribution in [3.05, 3.63) is 64.1 Å². The summed E-state index contributed by atoms with van der Waals surface area (Å²) in [5.74, 6) is 1.91. The van der Waals surface area contributed by atoms with E-state index in [0.29, 0.717) is 35.4 Å². The van der Waals surface area contributed by atoms with Gasteiger partial charge in [0.1, 0.15) is 11.2 Å². The Morgan fingerprint density at radius 1 is 1.18 bits per heavy atom. The molecule has 0 fully saturated rings. The predicted molar refractivity (Wildman–Crippen MR) is 135 cm³/mol. The molecule has 4 aromatic rings. The van der Waals surface area contributed by atoms with Crippen LogP contribution < -0.4 is 21.1 Å². The molecule has 0 aliphatic carbocycles. The molecule has 0 radical (unpaired) electrons. The van der Waals surface area contributed by atoms with Gasteiger partial charge in [0.2, 0.25) is 5.95 Å².